The van der Waals surface area contributed by atoms with Gasteiger partial charge in [0.25, 0.3) is 0 Å². The van der Waals surface area contributed by atoms with E-state index in [2.05, 4.69) is 51.8 Å². The second-order valence-corrected chi connectivity index (χ2v) is 8.01. The van der Waals surface area contributed by atoms with Gasteiger partial charge in [0.05, 0.1) is 11.7 Å². The number of hydrogen-bond donors (Lipinski definition) is 1. The number of morpholine rings is 1. The smallest absolute Gasteiger partial charge is 0.0757 e. The number of hydrogen-bond acceptors (Lipinski definition) is 3. The van der Waals surface area contributed by atoms with Gasteiger partial charge in [-0.3, -0.25) is 4.90 Å². The minimum absolute atomic E-state index is 0.0221. The molecule has 0 aromatic heterocycles. The standard InChI is InChI=1S/C17H36N2O/c1-15-13-19(14-17(5,6)20-15)12-10-8-7-9-11-18-16(2,3)4/h15,18H,7-14H2,1-6H3. The molecule has 3 nitrogen and oxygen atoms in total. The fourth-order valence-corrected chi connectivity index (χ4v) is 3.03. The molecule has 1 aliphatic rings. The summed E-state index contributed by atoms with van der Waals surface area (Å²) < 4.78 is 5.95. The van der Waals surface area contributed by atoms with Crippen LogP contribution >= 0.6 is 0 Å². The highest BCUT2D eigenvalue weighted by Crippen LogP contribution is 2.21. The molecular formula is C17H36N2O. The maximum absolute atomic E-state index is 5.95. The highest BCUT2D eigenvalue weighted by Gasteiger charge is 2.30. The van der Waals surface area contributed by atoms with Crippen molar-refractivity contribution in [1.82, 2.24) is 10.2 Å². The Kier molecular flexibility index (Phi) is 6.96. The summed E-state index contributed by atoms with van der Waals surface area (Å²) in [6.45, 7) is 17.8. The van der Waals surface area contributed by atoms with Crippen molar-refractivity contribution in [3.8, 4) is 0 Å². The average molecular weight is 284 g/mol. The Morgan fingerprint density at radius 1 is 1.15 bits per heavy atom. The van der Waals surface area contributed by atoms with E-state index in [4.69, 9.17) is 4.74 Å². The van der Waals surface area contributed by atoms with Crippen LogP contribution in [0.2, 0.25) is 0 Å². The summed E-state index contributed by atoms with van der Waals surface area (Å²) >= 11 is 0. The van der Waals surface area contributed by atoms with Crippen LogP contribution in [0.25, 0.3) is 0 Å². The Morgan fingerprint density at radius 3 is 2.40 bits per heavy atom. The summed E-state index contributed by atoms with van der Waals surface area (Å²) in [4.78, 5) is 2.57. The van der Waals surface area contributed by atoms with E-state index in [1.165, 1.54) is 32.2 Å². The summed E-state index contributed by atoms with van der Waals surface area (Å²) in [5, 5.41) is 3.55. The van der Waals surface area contributed by atoms with E-state index >= 15 is 0 Å². The maximum Gasteiger partial charge on any atom is 0.0757 e. The third-order valence-corrected chi connectivity index (χ3v) is 3.70. The number of rotatable bonds is 7. The third kappa shape index (κ3) is 8.23. The van der Waals surface area contributed by atoms with Gasteiger partial charge in [0, 0.05) is 18.6 Å². The molecule has 1 rings (SSSR count). The van der Waals surface area contributed by atoms with Crippen LogP contribution in [0, 0.1) is 0 Å². The van der Waals surface area contributed by atoms with E-state index in [9.17, 15) is 0 Å². The number of nitrogens with zero attached hydrogens (tertiary/aromatic N) is 1. The molecule has 1 fully saturated rings. The largest absolute Gasteiger partial charge is 0.370 e. The molecule has 0 radical (unpaired) electrons. The molecule has 1 aliphatic heterocycles. The van der Waals surface area contributed by atoms with Crippen LogP contribution in [0.15, 0.2) is 0 Å². The molecule has 20 heavy (non-hydrogen) atoms. The van der Waals surface area contributed by atoms with Gasteiger partial charge in [-0.1, -0.05) is 12.8 Å². The molecule has 120 valence electrons. The van der Waals surface area contributed by atoms with E-state index in [0.717, 1.165) is 19.6 Å². The van der Waals surface area contributed by atoms with Gasteiger partial charge >= 0.3 is 0 Å². The molecule has 1 N–H and O–H groups in total. The second-order valence-electron chi connectivity index (χ2n) is 8.01. The summed E-state index contributed by atoms with van der Waals surface area (Å²) in [7, 11) is 0. The molecule has 0 aliphatic carbocycles. The Labute approximate surface area is 126 Å². The zero-order valence-corrected chi connectivity index (χ0v) is 14.6. The zero-order valence-electron chi connectivity index (χ0n) is 14.6. The Morgan fingerprint density at radius 2 is 1.80 bits per heavy atom. The minimum Gasteiger partial charge on any atom is -0.370 e. The van der Waals surface area contributed by atoms with E-state index in [1.54, 1.807) is 0 Å². The zero-order chi connectivity index (χ0) is 15.2. The lowest BCUT2D eigenvalue weighted by Gasteiger charge is -2.41. The van der Waals surface area contributed by atoms with Crippen LogP contribution in [0.5, 0.6) is 0 Å². The molecule has 1 heterocycles. The van der Waals surface area contributed by atoms with Crippen LogP contribution in [-0.4, -0.2) is 48.3 Å². The first-order valence-electron chi connectivity index (χ1n) is 8.33. The average Bonchev–Trinajstić information content (AvgIpc) is 2.23. The van der Waals surface area contributed by atoms with Crippen molar-refractivity contribution >= 4 is 0 Å². The molecule has 0 spiro atoms. The summed E-state index contributed by atoms with van der Waals surface area (Å²) in [5.41, 5.74) is 0.282. The number of unbranched alkanes of at least 4 members (excludes halogenated alkanes) is 3. The van der Waals surface area contributed by atoms with Gasteiger partial charge in [0.15, 0.2) is 0 Å². The lowest BCUT2D eigenvalue weighted by atomic mass is 10.0. The Hall–Kier alpha value is -0.120. The first-order chi connectivity index (χ1) is 9.18. The highest BCUT2D eigenvalue weighted by atomic mass is 16.5. The van der Waals surface area contributed by atoms with Gasteiger partial charge in [-0.2, -0.15) is 0 Å². The van der Waals surface area contributed by atoms with Gasteiger partial charge in [-0.25, -0.2) is 0 Å². The van der Waals surface area contributed by atoms with Crippen molar-refractivity contribution in [3.63, 3.8) is 0 Å². The van der Waals surface area contributed by atoms with Crippen LogP contribution < -0.4 is 5.32 Å². The SMILES string of the molecule is CC1CN(CCCCCCNC(C)(C)C)CC(C)(C)O1. The Bertz CT molecular complexity index is 271. The van der Waals surface area contributed by atoms with Crippen molar-refractivity contribution in [1.29, 1.82) is 0 Å². The van der Waals surface area contributed by atoms with Gasteiger partial charge < -0.3 is 10.1 Å². The fraction of sp³-hybridized carbons (Fsp3) is 1.00. The quantitative estimate of drug-likeness (QED) is 0.725. The van der Waals surface area contributed by atoms with Gasteiger partial charge in [0.1, 0.15) is 0 Å². The Balaban J connectivity index is 2.04. The molecule has 0 aromatic rings. The number of nitrogens with one attached hydrogen (secondary N) is 1. The molecular weight excluding hydrogens is 248 g/mol. The van der Waals surface area contributed by atoms with Crippen LogP contribution in [-0.2, 0) is 4.74 Å². The third-order valence-electron chi connectivity index (χ3n) is 3.70. The lowest BCUT2D eigenvalue weighted by Crippen LogP contribution is -2.51. The van der Waals surface area contributed by atoms with Crippen molar-refractivity contribution < 1.29 is 4.74 Å². The van der Waals surface area contributed by atoms with E-state index in [1.807, 2.05) is 0 Å². The first-order valence-corrected chi connectivity index (χ1v) is 8.33. The summed E-state index contributed by atoms with van der Waals surface area (Å²) in [6, 6.07) is 0. The van der Waals surface area contributed by atoms with Crippen molar-refractivity contribution in [3.05, 3.63) is 0 Å². The topological polar surface area (TPSA) is 24.5 Å². The molecule has 0 bridgehead atoms. The molecule has 0 aromatic carbocycles. The van der Waals surface area contributed by atoms with Crippen LogP contribution in [0.3, 0.4) is 0 Å². The molecule has 0 saturated carbocycles. The number of ether oxygens (including phenoxy) is 1. The van der Waals surface area contributed by atoms with E-state index < -0.39 is 0 Å². The highest BCUT2D eigenvalue weighted by molar-refractivity contribution is 4.82. The maximum atomic E-state index is 5.95. The van der Waals surface area contributed by atoms with Crippen molar-refractivity contribution in [2.24, 2.45) is 0 Å². The van der Waals surface area contributed by atoms with Crippen molar-refractivity contribution in [2.45, 2.75) is 84.5 Å². The van der Waals surface area contributed by atoms with Gasteiger partial charge in [0.2, 0.25) is 0 Å². The molecule has 1 unspecified atom stereocenters. The van der Waals surface area contributed by atoms with Gasteiger partial charge in [-0.05, 0) is 67.5 Å². The van der Waals surface area contributed by atoms with E-state index in [-0.39, 0.29) is 11.1 Å². The molecule has 1 atom stereocenters. The molecule has 3 heteroatoms. The lowest BCUT2D eigenvalue weighted by molar-refractivity contribution is -0.128. The first kappa shape index (κ1) is 17.9. The minimum atomic E-state index is 0.0221. The predicted octanol–water partition coefficient (Wildman–Crippen LogP) is 3.43. The van der Waals surface area contributed by atoms with Gasteiger partial charge in [-0.15, -0.1) is 0 Å². The second kappa shape index (κ2) is 7.77. The predicted molar refractivity (Wildman–Crippen MR) is 87.3 cm³/mol. The van der Waals surface area contributed by atoms with Crippen LogP contribution in [0.1, 0.15) is 67.2 Å². The molecule has 1 saturated heterocycles. The van der Waals surface area contributed by atoms with Crippen molar-refractivity contribution in [2.75, 3.05) is 26.2 Å². The fourth-order valence-electron chi connectivity index (χ4n) is 3.03. The molecule has 0 amide bonds. The normalized spacial score (nSPS) is 24.0. The summed E-state index contributed by atoms with van der Waals surface area (Å²) in [5.74, 6) is 0. The van der Waals surface area contributed by atoms with Crippen LogP contribution in [0.4, 0.5) is 0 Å². The monoisotopic (exact) mass is 284 g/mol. The summed E-state index contributed by atoms with van der Waals surface area (Å²) in [6.07, 6.45) is 5.67. The van der Waals surface area contributed by atoms with E-state index in [0.29, 0.717) is 6.10 Å².